The summed E-state index contributed by atoms with van der Waals surface area (Å²) in [4.78, 5) is 22.4. The van der Waals surface area contributed by atoms with Crippen LogP contribution in [0.2, 0.25) is 0 Å². The number of hydrogen-bond acceptors (Lipinski definition) is 3. The van der Waals surface area contributed by atoms with Crippen LogP contribution in [-0.2, 0) is 9.59 Å². The third kappa shape index (κ3) is 4.18. The molecule has 0 aromatic carbocycles. The van der Waals surface area contributed by atoms with E-state index in [4.69, 9.17) is 5.11 Å². The molecule has 1 heterocycles. The highest BCUT2D eigenvalue weighted by molar-refractivity contribution is 5.83. The van der Waals surface area contributed by atoms with Crippen molar-refractivity contribution >= 4 is 11.9 Å². The van der Waals surface area contributed by atoms with Crippen LogP contribution in [-0.4, -0.2) is 36.1 Å². The highest BCUT2D eigenvalue weighted by atomic mass is 16.4. The SMILES string of the molecule is CCCC(NC(=O)CC1CCNC1)C(=O)O. The minimum Gasteiger partial charge on any atom is -0.480 e. The fourth-order valence-electron chi connectivity index (χ4n) is 1.95. The maximum Gasteiger partial charge on any atom is 0.326 e. The molecular weight excluding hydrogens is 208 g/mol. The van der Waals surface area contributed by atoms with Crippen LogP contribution in [0.4, 0.5) is 0 Å². The summed E-state index contributed by atoms with van der Waals surface area (Å²) in [5, 5.41) is 14.6. The van der Waals surface area contributed by atoms with Gasteiger partial charge < -0.3 is 15.7 Å². The summed E-state index contributed by atoms with van der Waals surface area (Å²) in [6.45, 7) is 3.72. The third-order valence-electron chi connectivity index (χ3n) is 2.85. The fraction of sp³-hybridized carbons (Fsp3) is 0.818. The van der Waals surface area contributed by atoms with E-state index in [9.17, 15) is 9.59 Å². The quantitative estimate of drug-likeness (QED) is 0.613. The van der Waals surface area contributed by atoms with Gasteiger partial charge >= 0.3 is 5.97 Å². The molecule has 16 heavy (non-hydrogen) atoms. The molecule has 1 amide bonds. The molecule has 0 spiro atoms. The standard InChI is InChI=1S/C11H20N2O3/c1-2-3-9(11(15)16)13-10(14)6-8-4-5-12-7-8/h8-9,12H,2-7H2,1H3,(H,13,14)(H,15,16). The number of carboxylic acids is 1. The second-order valence-electron chi connectivity index (χ2n) is 4.31. The Hall–Kier alpha value is -1.10. The van der Waals surface area contributed by atoms with Crippen LogP contribution in [0.15, 0.2) is 0 Å². The van der Waals surface area contributed by atoms with E-state index in [1.165, 1.54) is 0 Å². The lowest BCUT2D eigenvalue weighted by molar-refractivity contribution is -0.142. The van der Waals surface area contributed by atoms with E-state index in [0.29, 0.717) is 18.8 Å². The first-order chi connectivity index (χ1) is 7.63. The molecule has 92 valence electrons. The Balaban J connectivity index is 2.32. The highest BCUT2D eigenvalue weighted by Gasteiger charge is 2.22. The summed E-state index contributed by atoms with van der Waals surface area (Å²) in [6.07, 6.45) is 2.67. The summed E-state index contributed by atoms with van der Waals surface area (Å²) in [7, 11) is 0. The number of rotatable bonds is 6. The van der Waals surface area contributed by atoms with Crippen LogP contribution in [0.3, 0.4) is 0 Å². The van der Waals surface area contributed by atoms with Crippen molar-refractivity contribution in [2.45, 2.75) is 38.6 Å². The van der Waals surface area contributed by atoms with Crippen molar-refractivity contribution < 1.29 is 14.7 Å². The van der Waals surface area contributed by atoms with Gasteiger partial charge in [-0.1, -0.05) is 13.3 Å². The second-order valence-corrected chi connectivity index (χ2v) is 4.31. The lowest BCUT2D eigenvalue weighted by Gasteiger charge is -2.15. The fourth-order valence-corrected chi connectivity index (χ4v) is 1.95. The van der Waals surface area contributed by atoms with Gasteiger partial charge in [-0.25, -0.2) is 4.79 Å². The van der Waals surface area contributed by atoms with Gasteiger partial charge in [-0.3, -0.25) is 4.79 Å². The first-order valence-electron chi connectivity index (χ1n) is 5.86. The Labute approximate surface area is 95.6 Å². The van der Waals surface area contributed by atoms with E-state index >= 15 is 0 Å². The molecule has 0 radical (unpaired) electrons. The predicted octanol–water partition coefficient (Wildman–Crippen LogP) is 0.356. The van der Waals surface area contributed by atoms with Gasteiger partial charge in [0.25, 0.3) is 0 Å². The minimum absolute atomic E-state index is 0.144. The van der Waals surface area contributed by atoms with Crippen LogP contribution in [0.5, 0.6) is 0 Å². The van der Waals surface area contributed by atoms with Gasteiger partial charge in [0.05, 0.1) is 0 Å². The lowest BCUT2D eigenvalue weighted by Crippen LogP contribution is -2.41. The van der Waals surface area contributed by atoms with Crippen LogP contribution in [0, 0.1) is 5.92 Å². The maximum absolute atomic E-state index is 11.6. The van der Waals surface area contributed by atoms with E-state index in [1.807, 2.05) is 6.92 Å². The Morgan fingerprint density at radius 1 is 1.56 bits per heavy atom. The summed E-state index contributed by atoms with van der Waals surface area (Å²) in [5.74, 6) is -0.731. The van der Waals surface area contributed by atoms with Crippen molar-refractivity contribution in [1.29, 1.82) is 0 Å². The lowest BCUT2D eigenvalue weighted by atomic mass is 10.0. The van der Waals surface area contributed by atoms with Gasteiger partial charge in [0.2, 0.25) is 5.91 Å². The zero-order valence-electron chi connectivity index (χ0n) is 9.66. The summed E-state index contributed by atoms with van der Waals surface area (Å²) >= 11 is 0. The molecule has 0 saturated carbocycles. The van der Waals surface area contributed by atoms with Crippen molar-refractivity contribution in [2.75, 3.05) is 13.1 Å². The van der Waals surface area contributed by atoms with Crippen molar-refractivity contribution in [3.63, 3.8) is 0 Å². The van der Waals surface area contributed by atoms with Gasteiger partial charge in [-0.2, -0.15) is 0 Å². The molecule has 0 bridgehead atoms. The average molecular weight is 228 g/mol. The maximum atomic E-state index is 11.6. The molecule has 1 aliphatic heterocycles. The first kappa shape index (κ1) is 13.0. The van der Waals surface area contributed by atoms with Crippen molar-refractivity contribution in [1.82, 2.24) is 10.6 Å². The molecule has 1 aliphatic rings. The number of aliphatic carboxylic acids is 1. The normalized spacial score (nSPS) is 21.7. The molecule has 0 aromatic heterocycles. The van der Waals surface area contributed by atoms with Crippen LogP contribution in [0.1, 0.15) is 32.6 Å². The van der Waals surface area contributed by atoms with E-state index < -0.39 is 12.0 Å². The summed E-state index contributed by atoms with van der Waals surface area (Å²) in [5.41, 5.74) is 0. The number of carbonyl (C=O) groups excluding carboxylic acids is 1. The summed E-state index contributed by atoms with van der Waals surface area (Å²) < 4.78 is 0. The Bertz CT molecular complexity index is 250. The molecule has 3 N–H and O–H groups in total. The van der Waals surface area contributed by atoms with Gasteiger partial charge in [-0.15, -0.1) is 0 Å². The zero-order chi connectivity index (χ0) is 12.0. The monoisotopic (exact) mass is 228 g/mol. The zero-order valence-corrected chi connectivity index (χ0v) is 9.66. The second kappa shape index (κ2) is 6.48. The number of carboxylic acid groups (broad SMARTS) is 1. The van der Waals surface area contributed by atoms with Gasteiger partial charge in [0.1, 0.15) is 6.04 Å². The molecule has 1 fully saturated rings. The summed E-state index contributed by atoms with van der Waals surface area (Å²) in [6, 6.07) is -0.730. The van der Waals surface area contributed by atoms with Crippen LogP contribution < -0.4 is 10.6 Å². The molecule has 0 aromatic rings. The van der Waals surface area contributed by atoms with Crippen LogP contribution in [0.25, 0.3) is 0 Å². The van der Waals surface area contributed by atoms with E-state index in [1.54, 1.807) is 0 Å². The van der Waals surface area contributed by atoms with Gasteiger partial charge in [0.15, 0.2) is 0 Å². The molecular formula is C11H20N2O3. The largest absolute Gasteiger partial charge is 0.480 e. The minimum atomic E-state index is -0.945. The Morgan fingerprint density at radius 3 is 2.81 bits per heavy atom. The van der Waals surface area contributed by atoms with Gasteiger partial charge in [0, 0.05) is 6.42 Å². The van der Waals surface area contributed by atoms with Crippen molar-refractivity contribution in [2.24, 2.45) is 5.92 Å². The third-order valence-corrected chi connectivity index (χ3v) is 2.85. The number of nitrogens with one attached hydrogen (secondary N) is 2. The van der Waals surface area contributed by atoms with Crippen LogP contribution >= 0.6 is 0 Å². The first-order valence-corrected chi connectivity index (χ1v) is 5.86. The molecule has 0 aliphatic carbocycles. The Kier molecular flexibility index (Phi) is 5.25. The van der Waals surface area contributed by atoms with Gasteiger partial charge in [-0.05, 0) is 31.8 Å². The molecule has 1 saturated heterocycles. The molecule has 5 heteroatoms. The number of hydrogen-bond donors (Lipinski definition) is 3. The smallest absolute Gasteiger partial charge is 0.326 e. The van der Waals surface area contributed by atoms with Crippen molar-refractivity contribution in [3.8, 4) is 0 Å². The topological polar surface area (TPSA) is 78.4 Å². The average Bonchev–Trinajstić information content (AvgIpc) is 2.69. The predicted molar refractivity (Wildman–Crippen MR) is 60.1 cm³/mol. The number of carbonyl (C=O) groups is 2. The van der Waals surface area contributed by atoms with E-state index in [0.717, 1.165) is 25.9 Å². The molecule has 2 atom stereocenters. The van der Waals surface area contributed by atoms with E-state index in [-0.39, 0.29) is 5.91 Å². The number of amides is 1. The van der Waals surface area contributed by atoms with Crippen molar-refractivity contribution in [3.05, 3.63) is 0 Å². The Morgan fingerprint density at radius 2 is 2.31 bits per heavy atom. The molecule has 2 unspecified atom stereocenters. The highest BCUT2D eigenvalue weighted by Crippen LogP contribution is 2.12. The molecule has 5 nitrogen and oxygen atoms in total. The van der Waals surface area contributed by atoms with E-state index in [2.05, 4.69) is 10.6 Å². The molecule has 1 rings (SSSR count).